The van der Waals surface area contributed by atoms with Crippen LogP contribution >= 0.6 is 0 Å². The molecule has 238 valence electrons. The Morgan fingerprint density at radius 3 is 2.50 bits per heavy atom. The molecule has 2 aliphatic heterocycles. The van der Waals surface area contributed by atoms with Crippen molar-refractivity contribution in [3.8, 4) is 11.9 Å². The largest absolute Gasteiger partial charge is 0.473 e. The van der Waals surface area contributed by atoms with Crippen molar-refractivity contribution < 1.29 is 32.9 Å². The van der Waals surface area contributed by atoms with Gasteiger partial charge in [0.2, 0.25) is 5.88 Å². The summed E-state index contributed by atoms with van der Waals surface area (Å²) in [7, 11) is 2.73. The maximum Gasteiger partial charge on any atom is 0.340 e. The number of aromatic nitrogens is 2. The number of carbonyl (C=O) groups is 2. The fraction of sp³-hybridized carbons (Fsp3) is 0.371. The smallest absolute Gasteiger partial charge is 0.340 e. The summed E-state index contributed by atoms with van der Waals surface area (Å²) in [4.78, 5) is 32.6. The molecule has 4 aromatic rings. The van der Waals surface area contributed by atoms with E-state index in [1.165, 1.54) is 20.3 Å². The zero-order valence-electron chi connectivity index (χ0n) is 25.8. The van der Waals surface area contributed by atoms with Crippen LogP contribution in [0.5, 0.6) is 5.88 Å². The molecule has 0 spiro atoms. The maximum absolute atomic E-state index is 14.3. The molecule has 2 fully saturated rings. The second kappa shape index (κ2) is 13.7. The van der Waals surface area contributed by atoms with E-state index in [4.69, 9.17) is 29.2 Å². The summed E-state index contributed by atoms with van der Waals surface area (Å²) >= 11 is 0. The highest BCUT2D eigenvalue weighted by Crippen LogP contribution is 2.34. The van der Waals surface area contributed by atoms with E-state index in [0.717, 1.165) is 54.6 Å². The highest BCUT2D eigenvalue weighted by atomic mass is 19.1. The van der Waals surface area contributed by atoms with Crippen molar-refractivity contribution in [1.29, 1.82) is 5.26 Å². The highest BCUT2D eigenvalue weighted by Gasteiger charge is 2.30. The highest BCUT2D eigenvalue weighted by molar-refractivity contribution is 6.07. The average molecular weight is 627 g/mol. The molecule has 0 radical (unpaired) electrons. The molecular weight excluding hydrogens is 591 g/mol. The first-order valence-corrected chi connectivity index (χ1v) is 15.3. The van der Waals surface area contributed by atoms with Crippen molar-refractivity contribution in [1.82, 2.24) is 14.5 Å². The van der Waals surface area contributed by atoms with Crippen LogP contribution in [0.3, 0.4) is 0 Å². The van der Waals surface area contributed by atoms with Crippen molar-refractivity contribution in [2.75, 3.05) is 33.9 Å². The first kappa shape index (κ1) is 31.2. The fourth-order valence-corrected chi connectivity index (χ4v) is 6.20. The number of nitriles is 1. The maximum atomic E-state index is 14.3. The molecule has 10 nitrogen and oxygen atoms in total. The number of hydrogen-bond acceptors (Lipinski definition) is 9. The van der Waals surface area contributed by atoms with E-state index in [1.54, 1.807) is 36.4 Å². The number of likely N-dealkylation sites (tertiary alicyclic amines) is 1. The van der Waals surface area contributed by atoms with Crippen LogP contribution in [0.25, 0.3) is 10.9 Å². The van der Waals surface area contributed by atoms with Gasteiger partial charge in [-0.2, -0.15) is 5.26 Å². The topological polar surface area (TPSA) is 116 Å². The average Bonchev–Trinajstić information content (AvgIpc) is 3.37. The van der Waals surface area contributed by atoms with Crippen molar-refractivity contribution >= 4 is 22.8 Å². The molecule has 2 aromatic carbocycles. The predicted molar refractivity (Wildman–Crippen MR) is 166 cm³/mol. The Morgan fingerprint density at radius 2 is 1.83 bits per heavy atom. The number of piperidine rings is 1. The van der Waals surface area contributed by atoms with E-state index in [2.05, 4.69) is 9.47 Å². The fourth-order valence-electron chi connectivity index (χ4n) is 6.20. The van der Waals surface area contributed by atoms with E-state index in [9.17, 15) is 14.0 Å². The SMILES string of the molecule is COC(=O)c1ccc2c(C(=O)OC)c(CN3CCC(c4cccc(OCc5ccc(C#N)cc5F)n4)CC3)n(C[C@@H]3CCO3)c2c1. The lowest BCUT2D eigenvalue weighted by atomic mass is 9.93. The molecule has 0 unspecified atom stereocenters. The van der Waals surface area contributed by atoms with E-state index >= 15 is 0 Å². The molecule has 0 bridgehead atoms. The number of nitrogens with zero attached hydrogens (tertiary/aromatic N) is 4. The van der Waals surface area contributed by atoms with Gasteiger partial charge in [0.25, 0.3) is 0 Å². The van der Waals surface area contributed by atoms with Crippen LogP contribution in [0.2, 0.25) is 0 Å². The molecule has 1 atom stereocenters. The van der Waals surface area contributed by atoms with E-state index in [0.29, 0.717) is 42.3 Å². The van der Waals surface area contributed by atoms with Crippen LogP contribution in [0.1, 0.15) is 68.4 Å². The Balaban J connectivity index is 1.18. The predicted octanol–water partition coefficient (Wildman–Crippen LogP) is 5.37. The van der Waals surface area contributed by atoms with Crippen LogP contribution in [0.15, 0.2) is 54.6 Å². The lowest BCUT2D eigenvalue weighted by Gasteiger charge is -2.33. The third-order valence-corrected chi connectivity index (χ3v) is 8.84. The van der Waals surface area contributed by atoms with Gasteiger partial charge in [0.1, 0.15) is 12.4 Å². The number of fused-ring (bicyclic) bond motifs is 1. The third-order valence-electron chi connectivity index (χ3n) is 8.84. The first-order valence-electron chi connectivity index (χ1n) is 15.3. The monoisotopic (exact) mass is 626 g/mol. The van der Waals surface area contributed by atoms with Crippen LogP contribution in [0.4, 0.5) is 4.39 Å². The van der Waals surface area contributed by atoms with Crippen LogP contribution in [-0.2, 0) is 33.9 Å². The van der Waals surface area contributed by atoms with E-state index in [1.807, 2.05) is 18.2 Å². The normalized spacial score (nSPS) is 16.9. The number of methoxy groups -OCH3 is 2. The molecule has 4 heterocycles. The Labute approximate surface area is 266 Å². The summed E-state index contributed by atoms with van der Waals surface area (Å²) in [6.07, 6.45) is 2.66. The molecule has 0 saturated carbocycles. The van der Waals surface area contributed by atoms with Gasteiger partial charge in [-0.3, -0.25) is 4.90 Å². The number of hydrogen-bond donors (Lipinski definition) is 0. The number of halogens is 1. The summed E-state index contributed by atoms with van der Waals surface area (Å²) < 4.78 is 38.2. The second-order valence-electron chi connectivity index (χ2n) is 11.6. The Morgan fingerprint density at radius 1 is 1.04 bits per heavy atom. The number of ether oxygens (including phenoxy) is 4. The first-order chi connectivity index (χ1) is 22.4. The number of carbonyl (C=O) groups excluding carboxylic acids is 2. The van der Waals surface area contributed by atoms with Crippen LogP contribution in [0, 0.1) is 17.1 Å². The summed E-state index contributed by atoms with van der Waals surface area (Å²) in [5, 5.41) is 9.70. The summed E-state index contributed by atoms with van der Waals surface area (Å²) in [6.45, 7) is 3.37. The molecule has 2 aromatic heterocycles. The Kier molecular flexibility index (Phi) is 9.28. The zero-order chi connectivity index (χ0) is 32.2. The van der Waals surface area contributed by atoms with Gasteiger partial charge in [0, 0.05) is 54.0 Å². The molecule has 6 rings (SSSR count). The van der Waals surface area contributed by atoms with Crippen LogP contribution in [-0.4, -0.2) is 66.4 Å². The van der Waals surface area contributed by atoms with Gasteiger partial charge in [0.15, 0.2) is 0 Å². The van der Waals surface area contributed by atoms with Gasteiger partial charge in [-0.25, -0.2) is 19.0 Å². The molecule has 46 heavy (non-hydrogen) atoms. The minimum atomic E-state index is -0.485. The quantitative estimate of drug-likeness (QED) is 0.214. The molecule has 11 heteroatoms. The number of rotatable bonds is 10. The molecular formula is C35H35FN4O6. The van der Waals surface area contributed by atoms with E-state index < -0.39 is 17.8 Å². The van der Waals surface area contributed by atoms with Gasteiger partial charge in [-0.05, 0) is 62.7 Å². The Hall–Kier alpha value is -4.79. The van der Waals surface area contributed by atoms with Gasteiger partial charge < -0.3 is 23.5 Å². The third kappa shape index (κ3) is 6.45. The zero-order valence-corrected chi connectivity index (χ0v) is 25.8. The van der Waals surface area contributed by atoms with Gasteiger partial charge in [0.05, 0.1) is 48.6 Å². The van der Waals surface area contributed by atoms with Crippen molar-refractivity contribution in [3.63, 3.8) is 0 Å². The van der Waals surface area contributed by atoms with Gasteiger partial charge in [-0.15, -0.1) is 0 Å². The molecule has 0 N–H and O–H groups in total. The molecule has 2 aliphatic rings. The standard InChI is InChI=1S/C35H35FN4O6/c1-43-34(41)24-8-9-27-30(17-24)40(19-26-12-15-45-26)31(33(27)35(42)44-2)20-39-13-10-23(11-14-39)29-4-3-5-32(38-29)46-21-25-7-6-22(18-37)16-28(25)36/h3-9,16-17,23,26H,10-15,19-21H2,1-2H3/t26-/m0/s1. The number of esters is 2. The molecule has 2 saturated heterocycles. The van der Waals surface area contributed by atoms with E-state index in [-0.39, 0.29) is 24.2 Å². The lowest BCUT2D eigenvalue weighted by molar-refractivity contribution is -0.0591. The second-order valence-corrected chi connectivity index (χ2v) is 11.6. The van der Waals surface area contributed by atoms with Crippen LogP contribution < -0.4 is 4.74 Å². The molecule has 0 aliphatic carbocycles. The summed E-state index contributed by atoms with van der Waals surface area (Å²) in [5.74, 6) is -0.719. The van der Waals surface area contributed by atoms with Crippen molar-refractivity contribution in [2.45, 2.75) is 51.0 Å². The van der Waals surface area contributed by atoms with Gasteiger partial charge in [-0.1, -0.05) is 18.2 Å². The van der Waals surface area contributed by atoms with Crippen molar-refractivity contribution in [2.24, 2.45) is 0 Å². The number of pyridine rings is 1. The minimum absolute atomic E-state index is 0.00991. The number of benzene rings is 2. The Bertz CT molecular complexity index is 1800. The summed E-state index contributed by atoms with van der Waals surface area (Å²) in [6, 6.07) is 17.1. The molecule has 0 amide bonds. The van der Waals surface area contributed by atoms with Gasteiger partial charge >= 0.3 is 11.9 Å². The lowest BCUT2D eigenvalue weighted by Crippen LogP contribution is -2.35. The minimum Gasteiger partial charge on any atom is -0.473 e. The van der Waals surface area contributed by atoms with Crippen molar-refractivity contribution in [3.05, 3.63) is 94.1 Å². The summed E-state index contributed by atoms with van der Waals surface area (Å²) in [5.41, 5.74) is 4.05.